The van der Waals surface area contributed by atoms with Gasteiger partial charge in [0.05, 0.1) is 6.04 Å². The van der Waals surface area contributed by atoms with Crippen molar-refractivity contribution in [1.29, 1.82) is 0 Å². The van der Waals surface area contributed by atoms with E-state index in [1.807, 2.05) is 25.3 Å². The van der Waals surface area contributed by atoms with Crippen molar-refractivity contribution in [3.05, 3.63) is 78.0 Å². The van der Waals surface area contributed by atoms with Crippen LogP contribution in [0.4, 0.5) is 0 Å². The van der Waals surface area contributed by atoms with Gasteiger partial charge in [0.15, 0.2) is 0 Å². The van der Waals surface area contributed by atoms with Crippen LogP contribution in [0.2, 0.25) is 0 Å². The Labute approximate surface area is 135 Å². The van der Waals surface area contributed by atoms with Gasteiger partial charge in [0.25, 0.3) is 0 Å². The maximum absolute atomic E-state index is 6.02. The number of benzene rings is 2. The molecule has 4 rings (SSSR count). The summed E-state index contributed by atoms with van der Waals surface area (Å²) in [5.74, 6) is 0. The van der Waals surface area contributed by atoms with Crippen molar-refractivity contribution >= 4 is 27.5 Å². The van der Waals surface area contributed by atoms with Gasteiger partial charge < -0.3 is 9.73 Å². The van der Waals surface area contributed by atoms with Gasteiger partial charge >= 0.3 is 0 Å². The third kappa shape index (κ3) is 2.27. The molecule has 0 saturated carbocycles. The van der Waals surface area contributed by atoms with Crippen LogP contribution < -0.4 is 5.32 Å². The summed E-state index contributed by atoms with van der Waals surface area (Å²) < 4.78 is 6.02. The summed E-state index contributed by atoms with van der Waals surface area (Å²) in [6.07, 6.45) is 6.35. The molecule has 2 heteroatoms. The van der Waals surface area contributed by atoms with E-state index in [9.17, 15) is 0 Å². The average molecular weight is 301 g/mol. The monoisotopic (exact) mass is 301 g/mol. The van der Waals surface area contributed by atoms with Crippen LogP contribution in [0.25, 0.3) is 27.5 Å². The van der Waals surface area contributed by atoms with E-state index in [1.54, 1.807) is 0 Å². The lowest BCUT2D eigenvalue weighted by molar-refractivity contribution is 0.667. The normalized spacial score (nSPS) is 17.3. The van der Waals surface area contributed by atoms with Crippen LogP contribution >= 0.6 is 0 Å². The molecule has 0 bridgehead atoms. The predicted molar refractivity (Wildman–Crippen MR) is 97.2 cm³/mol. The second-order valence-corrected chi connectivity index (χ2v) is 6.20. The Balaban J connectivity index is 2.01. The Morgan fingerprint density at radius 2 is 1.96 bits per heavy atom. The minimum absolute atomic E-state index is 0.157. The molecule has 0 radical (unpaired) electrons. The highest BCUT2D eigenvalue weighted by Crippen LogP contribution is 2.36. The minimum atomic E-state index is 0.157. The summed E-state index contributed by atoms with van der Waals surface area (Å²) in [7, 11) is 0. The zero-order chi connectivity index (χ0) is 16.0. The number of rotatable bonds is 2. The molecule has 1 aliphatic rings. The largest absolute Gasteiger partial charge is 0.456 e. The highest BCUT2D eigenvalue weighted by Gasteiger charge is 2.18. The van der Waals surface area contributed by atoms with Crippen molar-refractivity contribution in [2.45, 2.75) is 19.9 Å². The molecular weight excluding hydrogens is 282 g/mol. The second-order valence-electron chi connectivity index (χ2n) is 6.20. The molecule has 2 nitrogen and oxygen atoms in total. The lowest BCUT2D eigenvalue weighted by Crippen LogP contribution is -2.17. The molecule has 0 fully saturated rings. The number of hydrogen-bond donors (Lipinski definition) is 1. The summed E-state index contributed by atoms with van der Waals surface area (Å²) in [5.41, 5.74) is 6.53. The lowest BCUT2D eigenvalue weighted by atomic mass is 9.92. The Kier molecular flexibility index (Phi) is 3.12. The standard InChI is InChI=1S/C21H19NO/c1-13(2)16-12-21-18(15-6-4-5-7-20(15)23-21)11-17(16)19-10-14(3)8-9-22-19/h4-12,19,22H,1H2,2-3H3. The van der Waals surface area contributed by atoms with Crippen molar-refractivity contribution < 1.29 is 4.42 Å². The van der Waals surface area contributed by atoms with Crippen molar-refractivity contribution in [1.82, 2.24) is 5.32 Å². The van der Waals surface area contributed by atoms with E-state index in [0.29, 0.717) is 0 Å². The fraction of sp³-hybridized carbons (Fsp3) is 0.143. The smallest absolute Gasteiger partial charge is 0.136 e. The average Bonchev–Trinajstić information content (AvgIpc) is 2.91. The van der Waals surface area contributed by atoms with Crippen molar-refractivity contribution in [3.63, 3.8) is 0 Å². The van der Waals surface area contributed by atoms with Gasteiger partial charge in [0.2, 0.25) is 0 Å². The van der Waals surface area contributed by atoms with E-state index in [4.69, 9.17) is 4.42 Å². The molecule has 114 valence electrons. The number of nitrogens with one attached hydrogen (secondary N) is 1. The molecule has 1 atom stereocenters. The van der Waals surface area contributed by atoms with Crippen molar-refractivity contribution in [3.8, 4) is 0 Å². The first kappa shape index (κ1) is 13.9. The molecule has 0 saturated heterocycles. The number of hydrogen-bond acceptors (Lipinski definition) is 2. The molecule has 23 heavy (non-hydrogen) atoms. The third-order valence-corrected chi connectivity index (χ3v) is 4.40. The van der Waals surface area contributed by atoms with Crippen LogP contribution in [0.15, 0.2) is 71.3 Å². The zero-order valence-electron chi connectivity index (χ0n) is 13.4. The zero-order valence-corrected chi connectivity index (χ0v) is 13.4. The third-order valence-electron chi connectivity index (χ3n) is 4.40. The Morgan fingerprint density at radius 3 is 2.74 bits per heavy atom. The quantitative estimate of drug-likeness (QED) is 0.654. The van der Waals surface area contributed by atoms with E-state index < -0.39 is 0 Å². The van der Waals surface area contributed by atoms with Gasteiger partial charge in [-0.3, -0.25) is 0 Å². The van der Waals surface area contributed by atoms with Gasteiger partial charge in [0.1, 0.15) is 11.2 Å². The maximum Gasteiger partial charge on any atom is 0.136 e. The molecule has 2 heterocycles. The van der Waals surface area contributed by atoms with Gasteiger partial charge in [-0.05, 0) is 55.4 Å². The van der Waals surface area contributed by atoms with E-state index >= 15 is 0 Å². The molecule has 1 unspecified atom stereocenters. The summed E-state index contributed by atoms with van der Waals surface area (Å²) in [5, 5.41) is 5.75. The summed E-state index contributed by atoms with van der Waals surface area (Å²) in [6, 6.07) is 12.7. The molecule has 0 amide bonds. The Hall–Kier alpha value is -2.74. The Bertz CT molecular complexity index is 988. The first-order valence-electron chi connectivity index (χ1n) is 7.85. The SMILES string of the molecule is C=C(C)c1cc2oc3ccccc3c2cc1C1C=C(C)C=CN1. The fourth-order valence-corrected chi connectivity index (χ4v) is 3.24. The molecule has 3 aromatic rings. The van der Waals surface area contributed by atoms with Crippen molar-refractivity contribution in [2.24, 2.45) is 0 Å². The second kappa shape index (κ2) is 5.17. The predicted octanol–water partition coefficient (Wildman–Crippen LogP) is 5.72. The van der Waals surface area contributed by atoms with E-state index in [-0.39, 0.29) is 6.04 Å². The van der Waals surface area contributed by atoms with E-state index in [2.05, 4.69) is 55.2 Å². The summed E-state index contributed by atoms with van der Waals surface area (Å²) >= 11 is 0. The summed E-state index contributed by atoms with van der Waals surface area (Å²) in [6.45, 7) is 8.32. The molecule has 2 aromatic carbocycles. The molecular formula is C21H19NO. The highest BCUT2D eigenvalue weighted by atomic mass is 16.3. The molecule has 0 spiro atoms. The van der Waals surface area contributed by atoms with Crippen LogP contribution in [0.5, 0.6) is 0 Å². The lowest BCUT2D eigenvalue weighted by Gasteiger charge is -2.21. The number of dihydropyridines is 1. The van der Waals surface area contributed by atoms with Gasteiger partial charge in [0, 0.05) is 10.8 Å². The molecule has 0 aliphatic carbocycles. The van der Waals surface area contributed by atoms with Gasteiger partial charge in [-0.25, -0.2) is 0 Å². The number of fused-ring (bicyclic) bond motifs is 3. The first-order chi connectivity index (χ1) is 11.1. The minimum Gasteiger partial charge on any atom is -0.456 e. The molecule has 1 aliphatic heterocycles. The van der Waals surface area contributed by atoms with Gasteiger partial charge in [-0.2, -0.15) is 0 Å². The maximum atomic E-state index is 6.02. The number of furan rings is 1. The number of para-hydroxylation sites is 1. The van der Waals surface area contributed by atoms with Crippen LogP contribution in [-0.4, -0.2) is 0 Å². The van der Waals surface area contributed by atoms with Gasteiger partial charge in [-0.15, -0.1) is 0 Å². The Morgan fingerprint density at radius 1 is 1.13 bits per heavy atom. The summed E-state index contributed by atoms with van der Waals surface area (Å²) in [4.78, 5) is 0. The highest BCUT2D eigenvalue weighted by molar-refractivity contribution is 6.06. The van der Waals surface area contributed by atoms with E-state index in [0.717, 1.165) is 33.1 Å². The van der Waals surface area contributed by atoms with E-state index in [1.165, 1.54) is 11.1 Å². The van der Waals surface area contributed by atoms with Crippen LogP contribution in [0.1, 0.15) is 31.0 Å². The molecule has 1 aromatic heterocycles. The number of allylic oxidation sites excluding steroid dienone is 3. The first-order valence-corrected chi connectivity index (χ1v) is 7.85. The fourth-order valence-electron chi connectivity index (χ4n) is 3.24. The van der Waals surface area contributed by atoms with Crippen molar-refractivity contribution in [2.75, 3.05) is 0 Å². The topological polar surface area (TPSA) is 25.2 Å². The van der Waals surface area contributed by atoms with Crippen LogP contribution in [-0.2, 0) is 0 Å². The van der Waals surface area contributed by atoms with Crippen LogP contribution in [0, 0.1) is 0 Å². The van der Waals surface area contributed by atoms with Crippen LogP contribution in [0.3, 0.4) is 0 Å². The van der Waals surface area contributed by atoms with Gasteiger partial charge in [-0.1, -0.05) is 42.0 Å². The molecule has 1 N–H and O–H groups in total.